The number of nitrogens with zero attached hydrogens (tertiary/aromatic N) is 3. The van der Waals surface area contributed by atoms with E-state index >= 15 is 0 Å². The van der Waals surface area contributed by atoms with Crippen LogP contribution in [-0.2, 0) is 19.8 Å². The van der Waals surface area contributed by atoms with Crippen molar-refractivity contribution in [3.8, 4) is 0 Å². The fourth-order valence-electron chi connectivity index (χ4n) is 4.28. The summed E-state index contributed by atoms with van der Waals surface area (Å²) in [7, 11) is 1.70. The fraction of sp³-hybridized carbons (Fsp3) is 0.273. The topological polar surface area (TPSA) is 79.7 Å². The Bertz CT molecular complexity index is 1430. The van der Waals surface area contributed by atoms with E-state index in [1.165, 1.54) is 16.7 Å². The lowest BCUT2D eigenvalue weighted by Gasteiger charge is -2.28. The Kier molecular flexibility index (Phi) is 4.93. The minimum absolute atomic E-state index is 0.108. The van der Waals surface area contributed by atoms with Crippen molar-refractivity contribution in [3.05, 3.63) is 74.6 Å². The van der Waals surface area contributed by atoms with E-state index in [-0.39, 0.29) is 16.6 Å². The average Bonchev–Trinajstić information content (AvgIpc) is 3.35. The van der Waals surface area contributed by atoms with Gasteiger partial charge in [0.1, 0.15) is 11.3 Å². The fourth-order valence-corrected chi connectivity index (χ4v) is 4.59. The number of fused-ring (bicyclic) bond motifs is 2. The standard InChI is InChI=1S/C22H20ClF3N6O/c1-11-29-19-20(32(11)9-12-3-4-15(16(23)7-12)22(24,25)26)30-17(8-28-19)14-10-31(2)21(33)18-13(14)5-6-27-18/h3-7,10,17,27-28,30H,8-9H2,1-2H3. The first-order chi connectivity index (χ1) is 15.6. The Balaban J connectivity index is 1.49. The van der Waals surface area contributed by atoms with Gasteiger partial charge in [0.15, 0.2) is 11.6 Å². The van der Waals surface area contributed by atoms with Crippen molar-refractivity contribution in [1.29, 1.82) is 0 Å². The van der Waals surface area contributed by atoms with Crippen LogP contribution >= 0.6 is 11.6 Å². The molecular weight excluding hydrogens is 457 g/mol. The van der Waals surface area contributed by atoms with Crippen LogP contribution in [0.2, 0.25) is 5.02 Å². The largest absolute Gasteiger partial charge is 0.417 e. The third-order valence-corrected chi connectivity index (χ3v) is 6.24. The summed E-state index contributed by atoms with van der Waals surface area (Å²) in [5, 5.41) is 7.31. The molecule has 4 heterocycles. The highest BCUT2D eigenvalue weighted by Gasteiger charge is 2.33. The molecule has 0 saturated carbocycles. The number of aromatic amines is 1. The molecule has 3 aromatic heterocycles. The number of halogens is 4. The zero-order chi connectivity index (χ0) is 23.5. The number of aryl methyl sites for hydroxylation is 2. The van der Waals surface area contributed by atoms with Gasteiger partial charge in [-0.25, -0.2) is 4.98 Å². The third-order valence-electron chi connectivity index (χ3n) is 5.92. The maximum Gasteiger partial charge on any atom is 0.417 e. The number of alkyl halides is 3. The second kappa shape index (κ2) is 7.58. The van der Waals surface area contributed by atoms with Crippen LogP contribution in [-0.4, -0.2) is 25.6 Å². The number of nitrogens with one attached hydrogen (secondary N) is 3. The monoisotopic (exact) mass is 476 g/mol. The van der Waals surface area contributed by atoms with Gasteiger partial charge in [0.25, 0.3) is 5.56 Å². The highest BCUT2D eigenvalue weighted by molar-refractivity contribution is 6.31. The van der Waals surface area contributed by atoms with Gasteiger partial charge in [-0.1, -0.05) is 17.7 Å². The minimum Gasteiger partial charge on any atom is -0.365 e. The summed E-state index contributed by atoms with van der Waals surface area (Å²) >= 11 is 5.91. The van der Waals surface area contributed by atoms with Crippen molar-refractivity contribution >= 4 is 34.1 Å². The summed E-state index contributed by atoms with van der Waals surface area (Å²) in [6.07, 6.45) is -0.955. The number of hydrogen-bond donors (Lipinski definition) is 3. The predicted octanol–water partition coefficient (Wildman–Crippen LogP) is 4.67. The van der Waals surface area contributed by atoms with Gasteiger partial charge < -0.3 is 24.8 Å². The molecule has 1 aromatic carbocycles. The highest BCUT2D eigenvalue weighted by Crippen LogP contribution is 2.37. The molecule has 0 bridgehead atoms. The molecule has 3 N–H and O–H groups in total. The number of pyridine rings is 1. The normalized spacial score (nSPS) is 15.9. The highest BCUT2D eigenvalue weighted by atomic mass is 35.5. The van der Waals surface area contributed by atoms with Crippen molar-refractivity contribution in [3.63, 3.8) is 0 Å². The number of rotatable bonds is 3. The van der Waals surface area contributed by atoms with Crippen LogP contribution in [0.4, 0.5) is 24.8 Å². The molecule has 0 spiro atoms. The molecule has 1 atom stereocenters. The lowest BCUT2D eigenvalue weighted by molar-refractivity contribution is -0.137. The number of hydrogen-bond acceptors (Lipinski definition) is 4. The van der Waals surface area contributed by atoms with Crippen molar-refractivity contribution in [2.75, 3.05) is 17.2 Å². The molecule has 7 nitrogen and oxygen atoms in total. The summed E-state index contributed by atoms with van der Waals surface area (Å²) in [4.78, 5) is 20.0. The van der Waals surface area contributed by atoms with Gasteiger partial charge in [-0.15, -0.1) is 0 Å². The van der Waals surface area contributed by atoms with Crippen LogP contribution in [0.3, 0.4) is 0 Å². The number of imidazole rings is 1. The Hall–Kier alpha value is -3.40. The van der Waals surface area contributed by atoms with Gasteiger partial charge in [-0.2, -0.15) is 13.2 Å². The first kappa shape index (κ1) is 21.4. The first-order valence-corrected chi connectivity index (χ1v) is 10.6. The molecule has 0 fully saturated rings. The molecule has 1 aliphatic heterocycles. The van der Waals surface area contributed by atoms with Crippen LogP contribution in [0.25, 0.3) is 10.9 Å². The SMILES string of the molecule is Cc1nc2c(n1Cc1ccc(C(F)(F)F)c(Cl)c1)NC(c1cn(C)c(=O)c3[nH]ccc13)CN2. The molecule has 1 unspecified atom stereocenters. The second-order valence-corrected chi connectivity index (χ2v) is 8.51. The summed E-state index contributed by atoms with van der Waals surface area (Å²) in [5.41, 5.74) is 1.13. The number of benzene rings is 1. The number of anilines is 2. The van der Waals surface area contributed by atoms with Crippen LogP contribution < -0.4 is 16.2 Å². The summed E-state index contributed by atoms with van der Waals surface area (Å²) in [6, 6.07) is 5.47. The zero-order valence-corrected chi connectivity index (χ0v) is 18.5. The van der Waals surface area contributed by atoms with E-state index in [9.17, 15) is 18.0 Å². The second-order valence-electron chi connectivity index (χ2n) is 8.10. The first-order valence-electron chi connectivity index (χ1n) is 10.2. The van der Waals surface area contributed by atoms with E-state index in [0.29, 0.717) is 35.8 Å². The van der Waals surface area contributed by atoms with Crippen LogP contribution in [0.5, 0.6) is 0 Å². The van der Waals surface area contributed by atoms with E-state index in [0.717, 1.165) is 22.8 Å². The quantitative estimate of drug-likeness (QED) is 0.401. The van der Waals surface area contributed by atoms with Crippen molar-refractivity contribution in [2.45, 2.75) is 25.7 Å². The molecule has 172 valence electrons. The summed E-state index contributed by atoms with van der Waals surface area (Å²) in [6.45, 7) is 2.67. The van der Waals surface area contributed by atoms with Gasteiger partial charge in [0.2, 0.25) is 0 Å². The van der Waals surface area contributed by atoms with Crippen LogP contribution in [0.15, 0.2) is 41.5 Å². The van der Waals surface area contributed by atoms with Crippen molar-refractivity contribution in [1.82, 2.24) is 19.1 Å². The maximum atomic E-state index is 13.1. The van der Waals surface area contributed by atoms with Gasteiger partial charge in [0.05, 0.1) is 23.2 Å². The Morgan fingerprint density at radius 3 is 2.79 bits per heavy atom. The van der Waals surface area contributed by atoms with Gasteiger partial charge in [-0.3, -0.25) is 4.79 Å². The van der Waals surface area contributed by atoms with E-state index in [1.54, 1.807) is 13.2 Å². The smallest absolute Gasteiger partial charge is 0.365 e. The van der Waals surface area contributed by atoms with E-state index < -0.39 is 11.7 Å². The molecule has 5 rings (SSSR count). The molecule has 4 aromatic rings. The van der Waals surface area contributed by atoms with Crippen LogP contribution in [0, 0.1) is 6.92 Å². The minimum atomic E-state index is -4.50. The lowest BCUT2D eigenvalue weighted by Crippen LogP contribution is -2.29. The van der Waals surface area contributed by atoms with Crippen LogP contribution in [0.1, 0.15) is 28.6 Å². The molecule has 33 heavy (non-hydrogen) atoms. The molecule has 1 aliphatic rings. The predicted molar refractivity (Wildman–Crippen MR) is 121 cm³/mol. The van der Waals surface area contributed by atoms with E-state index in [2.05, 4.69) is 20.6 Å². The molecule has 0 radical (unpaired) electrons. The summed E-state index contributed by atoms with van der Waals surface area (Å²) in [5.74, 6) is 2.08. The van der Waals surface area contributed by atoms with Gasteiger partial charge in [-0.05, 0) is 30.7 Å². The molecule has 0 amide bonds. The number of H-pyrrole nitrogens is 1. The van der Waals surface area contributed by atoms with Crippen molar-refractivity contribution in [2.24, 2.45) is 7.05 Å². The molecule has 0 aliphatic carbocycles. The lowest BCUT2D eigenvalue weighted by atomic mass is 10.0. The maximum absolute atomic E-state index is 13.1. The molecule has 11 heteroatoms. The van der Waals surface area contributed by atoms with Crippen molar-refractivity contribution < 1.29 is 13.2 Å². The number of aromatic nitrogens is 4. The zero-order valence-electron chi connectivity index (χ0n) is 17.7. The summed E-state index contributed by atoms with van der Waals surface area (Å²) < 4.78 is 42.6. The van der Waals surface area contributed by atoms with E-state index in [1.807, 2.05) is 23.8 Å². The van der Waals surface area contributed by atoms with Gasteiger partial charge >= 0.3 is 6.18 Å². The Labute approximate surface area is 191 Å². The third kappa shape index (κ3) is 3.64. The van der Waals surface area contributed by atoms with E-state index in [4.69, 9.17) is 11.6 Å². The molecule has 0 saturated heterocycles. The Morgan fingerprint density at radius 2 is 2.06 bits per heavy atom. The average molecular weight is 477 g/mol. The Morgan fingerprint density at radius 1 is 1.27 bits per heavy atom. The molecular formula is C22H20ClF3N6O. The van der Waals surface area contributed by atoms with Gasteiger partial charge in [0, 0.05) is 36.9 Å².